The minimum absolute atomic E-state index is 0.0607. The van der Waals surface area contributed by atoms with Gasteiger partial charge in [-0.25, -0.2) is 9.97 Å². The van der Waals surface area contributed by atoms with Crippen molar-refractivity contribution in [3.05, 3.63) is 241 Å². The summed E-state index contributed by atoms with van der Waals surface area (Å²) in [6.45, 7) is 4.68. The predicted octanol–water partition coefficient (Wildman–Crippen LogP) is 14.2. The molecule has 57 heavy (non-hydrogen) atoms. The molecule has 10 rings (SSSR count). The van der Waals surface area contributed by atoms with E-state index in [9.17, 15) is 0 Å². The Hall–Kier alpha value is -7.42. The lowest BCUT2D eigenvalue weighted by Gasteiger charge is -2.29. The van der Waals surface area contributed by atoms with Crippen LogP contribution in [-0.2, 0) is 0 Å². The summed E-state index contributed by atoms with van der Waals surface area (Å²) in [5.41, 5.74) is 16.9. The van der Waals surface area contributed by atoms with Gasteiger partial charge in [0.1, 0.15) is 0 Å². The number of benzene rings is 8. The lowest BCUT2D eigenvalue weighted by atomic mass is 9.75. The first kappa shape index (κ1) is 34.1. The zero-order valence-corrected chi connectivity index (χ0v) is 31.4. The lowest BCUT2D eigenvalue weighted by Crippen LogP contribution is -2.09. The van der Waals surface area contributed by atoms with Crippen molar-refractivity contribution in [3.63, 3.8) is 0 Å². The number of fused-ring (bicyclic) bond motifs is 3. The van der Waals surface area contributed by atoms with Crippen LogP contribution in [0.4, 0.5) is 0 Å². The minimum Gasteiger partial charge on any atom is -0.228 e. The molecular weight excluding hydrogens is 689 g/mol. The van der Waals surface area contributed by atoms with Gasteiger partial charge in [0.2, 0.25) is 0 Å². The van der Waals surface area contributed by atoms with Crippen molar-refractivity contribution in [2.75, 3.05) is 0 Å². The van der Waals surface area contributed by atoms with Crippen LogP contribution in [0.1, 0.15) is 28.2 Å². The second kappa shape index (κ2) is 14.7. The largest absolute Gasteiger partial charge is 0.228 e. The van der Waals surface area contributed by atoms with Gasteiger partial charge in [-0.15, -0.1) is 0 Å². The predicted molar refractivity (Wildman–Crippen MR) is 238 cm³/mol. The molecular formula is C55H38N2. The molecule has 1 heterocycles. The van der Waals surface area contributed by atoms with Crippen LogP contribution in [0.2, 0.25) is 0 Å². The Morgan fingerprint density at radius 1 is 0.386 bits per heavy atom. The van der Waals surface area contributed by atoms with Crippen LogP contribution in [0.15, 0.2) is 219 Å². The normalized spacial score (nSPS) is 13.6. The molecule has 1 aromatic heterocycles. The van der Waals surface area contributed by atoms with Crippen molar-refractivity contribution in [3.8, 4) is 56.2 Å². The summed E-state index contributed by atoms with van der Waals surface area (Å²) in [5.74, 6) is 0.769. The van der Waals surface area contributed by atoms with Crippen LogP contribution in [0.25, 0.3) is 78.1 Å². The SMILES string of the molecule is C=C1c2ccc3ccccc3c2C(c2ccccc2)=CC1c1ccc(-c2ccc(-c3cc(-c4ccc(-c5ccccc5)cc4)nc(-c4ccccc4)n3)cc2)cc1. The monoisotopic (exact) mass is 726 g/mol. The molecule has 268 valence electrons. The molecule has 1 unspecified atom stereocenters. The first-order chi connectivity index (χ1) is 28.2. The van der Waals surface area contributed by atoms with Gasteiger partial charge in [-0.05, 0) is 72.5 Å². The third-order valence-electron chi connectivity index (χ3n) is 11.2. The van der Waals surface area contributed by atoms with Gasteiger partial charge in [0, 0.05) is 22.6 Å². The first-order valence-corrected chi connectivity index (χ1v) is 19.5. The number of hydrogen-bond acceptors (Lipinski definition) is 2. The smallest absolute Gasteiger partial charge is 0.160 e. The molecule has 2 nitrogen and oxygen atoms in total. The fourth-order valence-corrected chi connectivity index (χ4v) is 8.14. The number of rotatable bonds is 7. The Morgan fingerprint density at radius 3 is 1.42 bits per heavy atom. The number of aromatic nitrogens is 2. The van der Waals surface area contributed by atoms with Crippen LogP contribution in [0.5, 0.6) is 0 Å². The molecule has 1 atom stereocenters. The maximum atomic E-state index is 5.07. The maximum Gasteiger partial charge on any atom is 0.160 e. The fraction of sp³-hybridized carbons (Fsp3) is 0.0182. The van der Waals surface area contributed by atoms with E-state index in [1.807, 2.05) is 24.3 Å². The van der Waals surface area contributed by atoms with E-state index in [-0.39, 0.29) is 5.92 Å². The molecule has 0 radical (unpaired) electrons. The van der Waals surface area contributed by atoms with Gasteiger partial charge >= 0.3 is 0 Å². The van der Waals surface area contributed by atoms with Gasteiger partial charge in [-0.2, -0.15) is 0 Å². The quantitative estimate of drug-likeness (QED) is 0.163. The highest BCUT2D eigenvalue weighted by atomic mass is 14.9. The molecule has 0 bridgehead atoms. The van der Waals surface area contributed by atoms with E-state index < -0.39 is 0 Å². The molecule has 1 aliphatic carbocycles. The summed E-state index contributed by atoms with van der Waals surface area (Å²) >= 11 is 0. The lowest BCUT2D eigenvalue weighted by molar-refractivity contribution is 1.09. The molecule has 0 saturated heterocycles. The number of allylic oxidation sites excluding steroid dienone is 2. The zero-order chi connectivity index (χ0) is 38.1. The second-order valence-electron chi connectivity index (χ2n) is 14.6. The van der Waals surface area contributed by atoms with Gasteiger partial charge < -0.3 is 0 Å². The molecule has 2 heteroatoms. The van der Waals surface area contributed by atoms with Crippen molar-refractivity contribution in [2.24, 2.45) is 0 Å². The van der Waals surface area contributed by atoms with E-state index in [0.717, 1.165) is 44.8 Å². The van der Waals surface area contributed by atoms with Gasteiger partial charge in [-0.3, -0.25) is 0 Å². The van der Waals surface area contributed by atoms with Crippen LogP contribution >= 0.6 is 0 Å². The third kappa shape index (κ3) is 6.58. The molecule has 8 aromatic carbocycles. The molecule has 1 aliphatic rings. The van der Waals surface area contributed by atoms with E-state index in [2.05, 4.69) is 195 Å². The van der Waals surface area contributed by atoms with Gasteiger partial charge in [0.15, 0.2) is 5.82 Å². The molecule has 0 spiro atoms. The van der Waals surface area contributed by atoms with Crippen molar-refractivity contribution in [1.29, 1.82) is 0 Å². The number of nitrogens with zero attached hydrogens (tertiary/aromatic N) is 2. The summed E-state index contributed by atoms with van der Waals surface area (Å²) in [6.07, 6.45) is 2.41. The van der Waals surface area contributed by atoms with Crippen molar-refractivity contribution >= 4 is 21.9 Å². The summed E-state index contributed by atoms with van der Waals surface area (Å²) in [7, 11) is 0. The van der Waals surface area contributed by atoms with Crippen LogP contribution < -0.4 is 0 Å². The van der Waals surface area contributed by atoms with E-state index in [4.69, 9.17) is 9.97 Å². The van der Waals surface area contributed by atoms with Crippen molar-refractivity contribution in [1.82, 2.24) is 9.97 Å². The van der Waals surface area contributed by atoms with Gasteiger partial charge in [-0.1, -0.05) is 213 Å². The van der Waals surface area contributed by atoms with Crippen molar-refractivity contribution in [2.45, 2.75) is 5.92 Å². The van der Waals surface area contributed by atoms with E-state index in [0.29, 0.717) is 5.82 Å². The van der Waals surface area contributed by atoms with Crippen LogP contribution in [-0.4, -0.2) is 9.97 Å². The molecule has 0 amide bonds. The molecule has 0 saturated carbocycles. The summed E-state index contributed by atoms with van der Waals surface area (Å²) < 4.78 is 0. The average Bonchev–Trinajstić information content (AvgIpc) is 3.30. The van der Waals surface area contributed by atoms with Crippen molar-refractivity contribution < 1.29 is 0 Å². The van der Waals surface area contributed by atoms with Gasteiger partial charge in [0.25, 0.3) is 0 Å². The summed E-state index contributed by atoms with van der Waals surface area (Å²) in [5, 5.41) is 2.50. The fourth-order valence-electron chi connectivity index (χ4n) is 8.14. The van der Waals surface area contributed by atoms with E-state index in [1.165, 1.54) is 49.7 Å². The maximum absolute atomic E-state index is 5.07. The minimum atomic E-state index is 0.0607. The molecule has 0 aliphatic heterocycles. The van der Waals surface area contributed by atoms with Crippen LogP contribution in [0.3, 0.4) is 0 Å². The molecule has 0 fully saturated rings. The third-order valence-corrected chi connectivity index (χ3v) is 11.2. The Bertz CT molecular complexity index is 2910. The highest BCUT2D eigenvalue weighted by Crippen LogP contribution is 2.47. The van der Waals surface area contributed by atoms with E-state index in [1.54, 1.807) is 0 Å². The Balaban J connectivity index is 0.962. The van der Waals surface area contributed by atoms with Crippen LogP contribution in [0, 0.1) is 0 Å². The topological polar surface area (TPSA) is 25.8 Å². The highest BCUT2D eigenvalue weighted by Gasteiger charge is 2.27. The summed E-state index contributed by atoms with van der Waals surface area (Å²) in [4.78, 5) is 10.1. The Kier molecular flexibility index (Phi) is 8.78. The summed E-state index contributed by atoms with van der Waals surface area (Å²) in [6, 6.07) is 73.0. The highest BCUT2D eigenvalue weighted by molar-refractivity contribution is 6.05. The Morgan fingerprint density at radius 2 is 0.842 bits per heavy atom. The van der Waals surface area contributed by atoms with E-state index >= 15 is 0 Å². The van der Waals surface area contributed by atoms with Gasteiger partial charge in [0.05, 0.1) is 11.4 Å². The zero-order valence-electron chi connectivity index (χ0n) is 31.4. The molecule has 0 N–H and O–H groups in total. The first-order valence-electron chi connectivity index (χ1n) is 19.5. The standard InChI is InChI=1S/C55H38N2/c1-37-48-34-33-43-17-11-12-20-49(43)54(48)51(42-15-7-3-8-16-42)35-50(37)44-27-21-40(22-28-44)41-25-31-46(32-26-41)53-36-52(56-55(57-53)47-18-9-4-10-19-47)45-29-23-39(24-30-45)38-13-5-2-6-14-38/h2-36,50H,1H2. The second-order valence-corrected chi connectivity index (χ2v) is 14.6. The molecule has 9 aromatic rings. The number of hydrogen-bond donors (Lipinski definition) is 0. The Labute approximate surface area is 333 Å². The average molecular weight is 727 g/mol.